The van der Waals surface area contributed by atoms with Gasteiger partial charge in [-0.05, 0) is 45.4 Å². The average molecular weight is 374 g/mol. The lowest BCUT2D eigenvalue weighted by molar-refractivity contribution is 0.293. The first kappa shape index (κ1) is 20.0. The van der Waals surface area contributed by atoms with Crippen molar-refractivity contribution in [3.8, 4) is 0 Å². The average Bonchev–Trinajstić information content (AvgIpc) is 3.35. The number of aromatic nitrogens is 4. The lowest BCUT2D eigenvalue weighted by atomic mass is 10.2. The third-order valence-corrected chi connectivity index (χ3v) is 5.88. The first-order valence-corrected chi connectivity index (χ1v) is 10.6. The van der Waals surface area contributed by atoms with E-state index in [1.54, 1.807) is 6.33 Å². The van der Waals surface area contributed by atoms with Gasteiger partial charge in [-0.15, -0.1) is 0 Å². The van der Waals surface area contributed by atoms with Crippen molar-refractivity contribution in [2.45, 2.75) is 47.0 Å². The summed E-state index contributed by atoms with van der Waals surface area (Å²) in [5, 5.41) is 4.53. The number of rotatable bonds is 11. The van der Waals surface area contributed by atoms with Crippen LogP contribution in [0.1, 0.15) is 45.4 Å². The maximum Gasteiger partial charge on any atom is 0.254 e. The number of aryl methyl sites for hydroxylation is 1. The van der Waals surface area contributed by atoms with Gasteiger partial charge in [0.1, 0.15) is 12.1 Å². The van der Waals surface area contributed by atoms with Crippen LogP contribution in [0, 0.1) is 0 Å². The van der Waals surface area contributed by atoms with Gasteiger partial charge in [-0.3, -0.25) is 0 Å². The molecular weight excluding hydrogens is 338 g/mol. The predicted octanol–water partition coefficient (Wildman–Crippen LogP) is 2.10. The highest BCUT2D eigenvalue weighted by Crippen LogP contribution is 2.30. The van der Waals surface area contributed by atoms with Gasteiger partial charge in [0.25, 0.3) is 5.78 Å². The van der Waals surface area contributed by atoms with E-state index in [-0.39, 0.29) is 0 Å². The quantitative estimate of drug-likeness (QED) is 0.601. The SMILES string of the molecule is CCN(CC)CCN(CCN(CC)CC)c1c2c(nc3ncnn13)CCC2. The molecule has 0 atom stereocenters. The fourth-order valence-corrected chi connectivity index (χ4v) is 4.05. The van der Waals surface area contributed by atoms with Crippen molar-refractivity contribution in [3.63, 3.8) is 0 Å². The van der Waals surface area contributed by atoms with Crippen LogP contribution in [0.15, 0.2) is 6.33 Å². The van der Waals surface area contributed by atoms with Crippen LogP contribution in [0.5, 0.6) is 0 Å². The van der Waals surface area contributed by atoms with Crippen molar-refractivity contribution in [2.75, 3.05) is 57.3 Å². The summed E-state index contributed by atoms with van der Waals surface area (Å²) in [6, 6.07) is 0. The molecule has 0 spiro atoms. The number of nitrogens with zero attached hydrogens (tertiary/aromatic N) is 7. The van der Waals surface area contributed by atoms with Gasteiger partial charge in [0.05, 0.1) is 5.69 Å². The molecule has 0 aromatic carbocycles. The molecule has 0 N–H and O–H groups in total. The van der Waals surface area contributed by atoms with Gasteiger partial charge in [-0.25, -0.2) is 4.98 Å². The van der Waals surface area contributed by atoms with Crippen molar-refractivity contribution in [1.29, 1.82) is 0 Å². The van der Waals surface area contributed by atoms with E-state index in [9.17, 15) is 0 Å². The highest BCUT2D eigenvalue weighted by atomic mass is 15.4. The largest absolute Gasteiger partial charge is 0.354 e. The van der Waals surface area contributed by atoms with E-state index < -0.39 is 0 Å². The summed E-state index contributed by atoms with van der Waals surface area (Å²) in [4.78, 5) is 16.7. The zero-order valence-electron chi connectivity index (χ0n) is 17.5. The fraction of sp³-hybridized carbons (Fsp3) is 0.750. The second-order valence-corrected chi connectivity index (χ2v) is 7.23. The Morgan fingerprint density at radius 3 is 2.11 bits per heavy atom. The van der Waals surface area contributed by atoms with Crippen LogP contribution in [0.3, 0.4) is 0 Å². The third kappa shape index (κ3) is 4.41. The molecule has 150 valence electrons. The molecule has 0 saturated heterocycles. The predicted molar refractivity (Wildman–Crippen MR) is 111 cm³/mol. The fourth-order valence-electron chi connectivity index (χ4n) is 4.05. The summed E-state index contributed by atoms with van der Waals surface area (Å²) >= 11 is 0. The maximum absolute atomic E-state index is 4.76. The molecule has 0 saturated carbocycles. The molecular formula is C20H35N7. The van der Waals surface area contributed by atoms with Crippen molar-refractivity contribution in [3.05, 3.63) is 17.6 Å². The lowest BCUT2D eigenvalue weighted by Crippen LogP contribution is -2.41. The molecule has 2 heterocycles. The Balaban J connectivity index is 1.91. The molecule has 0 radical (unpaired) electrons. The van der Waals surface area contributed by atoms with Crippen molar-refractivity contribution < 1.29 is 0 Å². The highest BCUT2D eigenvalue weighted by molar-refractivity contribution is 5.56. The molecule has 27 heavy (non-hydrogen) atoms. The minimum atomic E-state index is 0.737. The molecule has 0 bridgehead atoms. The Bertz CT molecular complexity index is 702. The molecule has 0 fully saturated rings. The Labute approximate surface area is 163 Å². The summed E-state index contributed by atoms with van der Waals surface area (Å²) in [7, 11) is 0. The maximum atomic E-state index is 4.76. The minimum absolute atomic E-state index is 0.737. The van der Waals surface area contributed by atoms with E-state index in [0.717, 1.165) is 71.0 Å². The number of hydrogen-bond donors (Lipinski definition) is 0. The second kappa shape index (κ2) is 9.46. The second-order valence-electron chi connectivity index (χ2n) is 7.23. The Morgan fingerprint density at radius 1 is 0.889 bits per heavy atom. The molecule has 1 aliphatic rings. The monoisotopic (exact) mass is 373 g/mol. The van der Waals surface area contributed by atoms with Gasteiger partial charge < -0.3 is 14.7 Å². The van der Waals surface area contributed by atoms with Crippen LogP contribution in [0.4, 0.5) is 5.82 Å². The Morgan fingerprint density at radius 2 is 1.52 bits per heavy atom. The molecule has 7 heteroatoms. The van der Waals surface area contributed by atoms with Crippen molar-refractivity contribution in [1.82, 2.24) is 29.4 Å². The molecule has 0 aliphatic heterocycles. The van der Waals surface area contributed by atoms with Crippen LogP contribution in [-0.2, 0) is 12.8 Å². The number of hydrogen-bond acceptors (Lipinski definition) is 6. The molecule has 1 aliphatic carbocycles. The normalized spacial score (nSPS) is 13.9. The lowest BCUT2D eigenvalue weighted by Gasteiger charge is -2.31. The molecule has 2 aromatic rings. The van der Waals surface area contributed by atoms with E-state index in [0.29, 0.717) is 0 Å². The molecule has 0 amide bonds. The van der Waals surface area contributed by atoms with Gasteiger partial charge in [0, 0.05) is 31.7 Å². The summed E-state index contributed by atoms with van der Waals surface area (Å²) in [5.41, 5.74) is 2.60. The molecule has 3 rings (SSSR count). The Hall–Kier alpha value is -1.73. The van der Waals surface area contributed by atoms with Gasteiger partial charge >= 0.3 is 0 Å². The van der Waals surface area contributed by atoms with E-state index in [4.69, 9.17) is 4.98 Å². The third-order valence-electron chi connectivity index (χ3n) is 5.88. The van der Waals surface area contributed by atoms with Crippen LogP contribution in [0.25, 0.3) is 5.78 Å². The zero-order chi connectivity index (χ0) is 19.2. The van der Waals surface area contributed by atoms with E-state index in [2.05, 4.69) is 52.5 Å². The smallest absolute Gasteiger partial charge is 0.254 e. The van der Waals surface area contributed by atoms with E-state index in [1.807, 2.05) is 4.52 Å². The summed E-state index contributed by atoms with van der Waals surface area (Å²) in [6.07, 6.45) is 4.97. The van der Waals surface area contributed by atoms with Gasteiger partial charge in [-0.1, -0.05) is 27.7 Å². The minimum Gasteiger partial charge on any atom is -0.354 e. The van der Waals surface area contributed by atoms with Gasteiger partial charge in [0.2, 0.25) is 0 Å². The molecule has 7 nitrogen and oxygen atoms in total. The Kier molecular flexibility index (Phi) is 7.01. The van der Waals surface area contributed by atoms with Gasteiger partial charge in [0.15, 0.2) is 0 Å². The van der Waals surface area contributed by atoms with Crippen molar-refractivity contribution >= 4 is 11.6 Å². The summed E-state index contributed by atoms with van der Waals surface area (Å²) < 4.78 is 1.97. The molecule has 0 unspecified atom stereocenters. The van der Waals surface area contributed by atoms with E-state index in [1.165, 1.54) is 23.5 Å². The van der Waals surface area contributed by atoms with Crippen LogP contribution in [-0.4, -0.2) is 81.7 Å². The first-order chi connectivity index (χ1) is 13.2. The van der Waals surface area contributed by atoms with E-state index >= 15 is 0 Å². The van der Waals surface area contributed by atoms with Crippen LogP contribution >= 0.6 is 0 Å². The zero-order valence-corrected chi connectivity index (χ0v) is 17.5. The number of fused-ring (bicyclic) bond motifs is 2. The highest BCUT2D eigenvalue weighted by Gasteiger charge is 2.25. The number of likely N-dealkylation sites (N-methyl/N-ethyl adjacent to an activating group) is 2. The summed E-state index contributed by atoms with van der Waals surface area (Å²) in [6.45, 7) is 17.5. The van der Waals surface area contributed by atoms with Crippen LogP contribution in [0.2, 0.25) is 0 Å². The number of anilines is 1. The standard InChI is InChI=1S/C20H35N7/c1-5-24(6-2)12-14-26(15-13-25(7-3)8-4)19-17-10-9-11-18(17)23-20-21-16-22-27(19)20/h16H,5-15H2,1-4H3. The van der Waals surface area contributed by atoms with Crippen molar-refractivity contribution in [2.24, 2.45) is 0 Å². The molecule has 2 aromatic heterocycles. The summed E-state index contributed by atoms with van der Waals surface area (Å²) in [5.74, 6) is 1.96. The topological polar surface area (TPSA) is 52.8 Å². The van der Waals surface area contributed by atoms with Gasteiger partial charge in [-0.2, -0.15) is 14.6 Å². The first-order valence-electron chi connectivity index (χ1n) is 10.6. The van der Waals surface area contributed by atoms with Crippen LogP contribution < -0.4 is 4.90 Å².